The molecule has 4 heteroatoms. The second kappa shape index (κ2) is 8.66. The second-order valence-corrected chi connectivity index (χ2v) is 7.72. The minimum atomic E-state index is -0.756. The van der Waals surface area contributed by atoms with Crippen molar-refractivity contribution < 1.29 is 0 Å². The molecule has 0 N–H and O–H groups in total. The van der Waals surface area contributed by atoms with E-state index in [4.69, 9.17) is 0 Å². The first-order valence-electron chi connectivity index (χ1n) is 8.45. The van der Waals surface area contributed by atoms with Gasteiger partial charge in [0.1, 0.15) is 0 Å². The van der Waals surface area contributed by atoms with E-state index >= 15 is 0 Å². The standard InChI is InChI=1S/C21H24N3P/c1-3-16-22(17-4-2)25-23(20-12-7-5-8-13-20)18-11-19-24(25)21-14-9-6-10-15-21/h3-15,18H,1-2,16-17,19H2. The zero-order valence-electron chi connectivity index (χ0n) is 14.4. The number of rotatable bonds is 7. The fourth-order valence-corrected chi connectivity index (χ4v) is 5.35. The van der Waals surface area contributed by atoms with Crippen molar-refractivity contribution in [1.29, 1.82) is 0 Å². The summed E-state index contributed by atoms with van der Waals surface area (Å²) in [5.41, 5.74) is 2.43. The summed E-state index contributed by atoms with van der Waals surface area (Å²) in [6, 6.07) is 21.2. The van der Waals surface area contributed by atoms with E-state index in [0.29, 0.717) is 0 Å². The third kappa shape index (κ3) is 4.01. The molecule has 0 amide bonds. The number of hydrogen-bond acceptors (Lipinski definition) is 3. The Labute approximate surface area is 152 Å². The van der Waals surface area contributed by atoms with Gasteiger partial charge in [-0.25, -0.2) is 4.67 Å². The van der Waals surface area contributed by atoms with Crippen LogP contribution in [0.1, 0.15) is 0 Å². The number of para-hydroxylation sites is 2. The molecule has 1 aliphatic rings. The molecule has 1 unspecified atom stereocenters. The van der Waals surface area contributed by atoms with Crippen molar-refractivity contribution in [2.24, 2.45) is 0 Å². The molecular weight excluding hydrogens is 325 g/mol. The molecule has 0 spiro atoms. The molecule has 0 aliphatic carbocycles. The first kappa shape index (κ1) is 17.5. The average molecular weight is 349 g/mol. The quantitative estimate of drug-likeness (QED) is 0.488. The number of hydrogen-bond donors (Lipinski definition) is 0. The molecule has 0 fully saturated rings. The van der Waals surface area contributed by atoms with E-state index in [1.807, 2.05) is 12.2 Å². The zero-order valence-corrected chi connectivity index (χ0v) is 15.3. The van der Waals surface area contributed by atoms with Crippen LogP contribution in [0.2, 0.25) is 0 Å². The van der Waals surface area contributed by atoms with Crippen LogP contribution >= 0.6 is 8.37 Å². The maximum Gasteiger partial charge on any atom is 0.183 e. The van der Waals surface area contributed by atoms with Gasteiger partial charge in [-0.3, -0.25) is 4.67 Å². The van der Waals surface area contributed by atoms with Gasteiger partial charge in [0.15, 0.2) is 8.37 Å². The van der Waals surface area contributed by atoms with Gasteiger partial charge in [-0.2, -0.15) is 0 Å². The molecule has 3 rings (SSSR count). The fourth-order valence-electron chi connectivity index (χ4n) is 2.88. The van der Waals surface area contributed by atoms with Crippen LogP contribution in [-0.2, 0) is 0 Å². The molecule has 0 radical (unpaired) electrons. The van der Waals surface area contributed by atoms with Gasteiger partial charge in [-0.15, -0.1) is 13.2 Å². The molecule has 1 heterocycles. The Hall–Kier alpha value is -2.35. The number of benzene rings is 2. The van der Waals surface area contributed by atoms with Crippen LogP contribution < -0.4 is 9.34 Å². The number of anilines is 2. The van der Waals surface area contributed by atoms with Crippen LogP contribution in [0.4, 0.5) is 11.4 Å². The third-order valence-electron chi connectivity index (χ3n) is 3.94. The van der Waals surface area contributed by atoms with Crippen molar-refractivity contribution in [2.75, 3.05) is 29.0 Å². The van der Waals surface area contributed by atoms with Crippen LogP contribution in [0.25, 0.3) is 0 Å². The molecule has 0 aromatic heterocycles. The minimum absolute atomic E-state index is 0.756. The Morgan fingerprint density at radius 1 is 0.880 bits per heavy atom. The van der Waals surface area contributed by atoms with E-state index < -0.39 is 8.37 Å². The lowest BCUT2D eigenvalue weighted by atomic mass is 10.3. The van der Waals surface area contributed by atoms with Gasteiger partial charge in [0, 0.05) is 37.2 Å². The first-order chi connectivity index (χ1) is 12.3. The SMILES string of the molecule is C=CCN(CC=C)P1N(c2ccccc2)C=CCN1c1ccccc1. The van der Waals surface area contributed by atoms with E-state index in [0.717, 1.165) is 19.6 Å². The van der Waals surface area contributed by atoms with Gasteiger partial charge in [0.25, 0.3) is 0 Å². The third-order valence-corrected chi connectivity index (χ3v) is 6.35. The highest BCUT2D eigenvalue weighted by Crippen LogP contribution is 2.53. The fraction of sp³-hybridized carbons (Fsp3) is 0.143. The lowest BCUT2D eigenvalue weighted by Crippen LogP contribution is -2.38. The molecule has 128 valence electrons. The van der Waals surface area contributed by atoms with Gasteiger partial charge < -0.3 is 4.67 Å². The topological polar surface area (TPSA) is 9.72 Å². The Morgan fingerprint density at radius 2 is 1.44 bits per heavy atom. The van der Waals surface area contributed by atoms with Crippen molar-refractivity contribution in [3.8, 4) is 0 Å². The molecular formula is C21H24N3P. The van der Waals surface area contributed by atoms with Crippen molar-refractivity contribution in [2.45, 2.75) is 0 Å². The Kier molecular flexibility index (Phi) is 6.05. The molecule has 0 saturated heterocycles. The Balaban J connectivity index is 2.04. The highest BCUT2D eigenvalue weighted by molar-refractivity contribution is 7.59. The normalized spacial score (nSPS) is 16.9. The second-order valence-electron chi connectivity index (χ2n) is 5.70. The monoisotopic (exact) mass is 349 g/mol. The molecule has 0 saturated carbocycles. The Bertz CT molecular complexity index is 704. The molecule has 2 aromatic carbocycles. The minimum Gasteiger partial charge on any atom is -0.317 e. The van der Waals surface area contributed by atoms with Crippen molar-refractivity contribution in [1.82, 2.24) is 4.67 Å². The predicted molar refractivity (Wildman–Crippen MR) is 111 cm³/mol. The van der Waals surface area contributed by atoms with Crippen LogP contribution in [0.5, 0.6) is 0 Å². The Morgan fingerprint density at radius 3 is 2.00 bits per heavy atom. The zero-order chi connectivity index (χ0) is 17.5. The van der Waals surface area contributed by atoms with Crippen molar-refractivity contribution in [3.63, 3.8) is 0 Å². The summed E-state index contributed by atoms with van der Waals surface area (Å²) in [5.74, 6) is 0. The van der Waals surface area contributed by atoms with Crippen LogP contribution in [0.3, 0.4) is 0 Å². The maximum absolute atomic E-state index is 3.95. The molecule has 1 aliphatic heterocycles. The van der Waals surface area contributed by atoms with Gasteiger partial charge >= 0.3 is 0 Å². The molecule has 1 atom stereocenters. The highest BCUT2D eigenvalue weighted by atomic mass is 31.2. The first-order valence-corrected chi connectivity index (χ1v) is 9.65. The molecule has 0 bridgehead atoms. The summed E-state index contributed by atoms with van der Waals surface area (Å²) in [6.45, 7) is 10.4. The predicted octanol–water partition coefficient (Wildman–Crippen LogP) is 5.43. The molecule has 3 nitrogen and oxygen atoms in total. The lowest BCUT2D eigenvalue weighted by Gasteiger charge is -2.46. The highest BCUT2D eigenvalue weighted by Gasteiger charge is 2.32. The number of nitrogens with zero attached hydrogens (tertiary/aromatic N) is 3. The molecule has 25 heavy (non-hydrogen) atoms. The van der Waals surface area contributed by atoms with E-state index in [1.165, 1.54) is 11.4 Å². The maximum atomic E-state index is 3.95. The van der Waals surface area contributed by atoms with Gasteiger partial charge in [0.05, 0.1) is 0 Å². The summed E-state index contributed by atoms with van der Waals surface area (Å²) in [5, 5.41) is 0. The van der Waals surface area contributed by atoms with Gasteiger partial charge in [-0.1, -0.05) is 48.6 Å². The lowest BCUT2D eigenvalue weighted by molar-refractivity contribution is 0.553. The van der Waals surface area contributed by atoms with Gasteiger partial charge in [0.2, 0.25) is 0 Å². The average Bonchev–Trinajstić information content (AvgIpc) is 2.68. The van der Waals surface area contributed by atoms with Crippen LogP contribution in [0, 0.1) is 0 Å². The van der Waals surface area contributed by atoms with E-state index in [1.54, 1.807) is 0 Å². The van der Waals surface area contributed by atoms with Crippen molar-refractivity contribution >= 4 is 19.7 Å². The van der Waals surface area contributed by atoms with Gasteiger partial charge in [-0.05, 0) is 30.3 Å². The summed E-state index contributed by atoms with van der Waals surface area (Å²) in [6.07, 6.45) is 8.37. The van der Waals surface area contributed by atoms with E-state index in [-0.39, 0.29) is 0 Å². The van der Waals surface area contributed by atoms with Crippen LogP contribution in [-0.4, -0.2) is 24.3 Å². The summed E-state index contributed by atoms with van der Waals surface area (Å²) < 4.78 is 7.27. The summed E-state index contributed by atoms with van der Waals surface area (Å²) >= 11 is 0. The van der Waals surface area contributed by atoms with E-state index in [2.05, 4.69) is 100 Å². The van der Waals surface area contributed by atoms with E-state index in [9.17, 15) is 0 Å². The smallest absolute Gasteiger partial charge is 0.183 e. The molecule has 2 aromatic rings. The summed E-state index contributed by atoms with van der Waals surface area (Å²) in [7, 11) is -0.756. The summed E-state index contributed by atoms with van der Waals surface area (Å²) in [4.78, 5) is 0. The van der Waals surface area contributed by atoms with Crippen molar-refractivity contribution in [3.05, 3.63) is 98.2 Å². The largest absolute Gasteiger partial charge is 0.317 e. The van der Waals surface area contributed by atoms with Crippen LogP contribution in [0.15, 0.2) is 98.2 Å².